The van der Waals surface area contributed by atoms with E-state index in [0.717, 1.165) is 34.1 Å². The van der Waals surface area contributed by atoms with Gasteiger partial charge in [-0.3, -0.25) is 4.79 Å². The van der Waals surface area contributed by atoms with Gasteiger partial charge in [-0.2, -0.15) is 13.2 Å². The van der Waals surface area contributed by atoms with Crippen LogP contribution in [-0.2, 0) is 25.7 Å². The van der Waals surface area contributed by atoms with Crippen molar-refractivity contribution in [3.05, 3.63) is 83.6 Å². The van der Waals surface area contributed by atoms with E-state index < -0.39 is 27.9 Å². The van der Waals surface area contributed by atoms with Gasteiger partial charge in [-0.15, -0.1) is 0 Å². The Morgan fingerprint density at radius 2 is 1.71 bits per heavy atom. The van der Waals surface area contributed by atoms with E-state index in [-0.39, 0.29) is 22.5 Å². The quantitative estimate of drug-likeness (QED) is 0.695. The summed E-state index contributed by atoms with van der Waals surface area (Å²) >= 11 is 0. The molecule has 0 amide bonds. The molecule has 2 unspecified atom stereocenters. The summed E-state index contributed by atoms with van der Waals surface area (Å²) in [6, 6.07) is 9.94. The van der Waals surface area contributed by atoms with E-state index in [2.05, 4.69) is 0 Å². The van der Waals surface area contributed by atoms with Crippen molar-refractivity contribution in [2.45, 2.75) is 36.6 Å². The van der Waals surface area contributed by atoms with Crippen LogP contribution in [0.2, 0.25) is 0 Å². The van der Waals surface area contributed by atoms with Crippen molar-refractivity contribution < 1.29 is 31.1 Å². The third kappa shape index (κ3) is 4.15. The lowest BCUT2D eigenvalue weighted by Gasteiger charge is -2.23. The zero-order valence-corrected chi connectivity index (χ0v) is 17.2. The molecule has 9 heteroatoms. The normalized spacial score (nSPS) is 22.2. The molecule has 2 aliphatic rings. The number of ether oxygens (including phenoxy) is 1. The summed E-state index contributed by atoms with van der Waals surface area (Å²) in [5.41, 5.74) is 0.419. The van der Waals surface area contributed by atoms with Crippen LogP contribution in [0.3, 0.4) is 0 Å². The molecule has 2 aromatic rings. The molecule has 162 valence electrons. The summed E-state index contributed by atoms with van der Waals surface area (Å²) in [5.74, 6) is -0.305. The number of hydrogen-bond donors (Lipinski definition) is 0. The molecule has 4 rings (SSSR count). The van der Waals surface area contributed by atoms with E-state index in [4.69, 9.17) is 4.74 Å². The highest BCUT2D eigenvalue weighted by atomic mass is 32.2. The van der Waals surface area contributed by atoms with Crippen LogP contribution in [0.1, 0.15) is 17.5 Å². The molecular weight excluding hydrogens is 431 g/mol. The number of halogens is 3. The zero-order chi connectivity index (χ0) is 22.4. The third-order valence-corrected chi connectivity index (χ3v) is 6.83. The van der Waals surface area contributed by atoms with Gasteiger partial charge < -0.3 is 4.74 Å². The van der Waals surface area contributed by atoms with Gasteiger partial charge in [0.25, 0.3) is 10.0 Å². The molecule has 0 saturated carbocycles. The molecule has 0 aliphatic carbocycles. The number of alkyl halides is 3. The summed E-state index contributed by atoms with van der Waals surface area (Å²) in [6.07, 6.45) is -1.19. The van der Waals surface area contributed by atoms with Crippen molar-refractivity contribution in [2.75, 3.05) is 4.31 Å². The SMILES string of the molecule is Cc1ccc(S(=O)(=O)N(/C=C2\CC3C=CC(=O)C2O3)c2ccc(C(F)(F)F)cc2)cc1. The minimum absolute atomic E-state index is 0.0166. The van der Waals surface area contributed by atoms with Gasteiger partial charge in [0.15, 0.2) is 5.78 Å². The van der Waals surface area contributed by atoms with Crippen molar-refractivity contribution in [3.8, 4) is 0 Å². The fraction of sp³-hybridized carbons (Fsp3) is 0.227. The van der Waals surface area contributed by atoms with E-state index in [9.17, 15) is 26.4 Å². The van der Waals surface area contributed by atoms with Gasteiger partial charge in [-0.25, -0.2) is 12.7 Å². The maximum atomic E-state index is 13.4. The molecule has 0 N–H and O–H groups in total. The van der Waals surface area contributed by atoms with Crippen LogP contribution in [0.4, 0.5) is 18.9 Å². The molecule has 2 aliphatic heterocycles. The van der Waals surface area contributed by atoms with Crippen molar-refractivity contribution in [1.82, 2.24) is 0 Å². The molecular formula is C22H18F3NO4S. The highest BCUT2D eigenvalue weighted by molar-refractivity contribution is 7.93. The predicted octanol–water partition coefficient (Wildman–Crippen LogP) is 4.39. The fourth-order valence-electron chi connectivity index (χ4n) is 3.48. The number of benzene rings is 2. The standard InChI is InChI=1S/C22H18F3NO4S/c1-14-2-9-19(10-3-14)31(28,29)26(17-6-4-16(5-7-17)22(23,24)25)13-15-12-18-8-11-20(27)21(15)30-18/h2-11,13,18,21H,12H2,1H3/b15-13+. The van der Waals surface area contributed by atoms with E-state index in [0.29, 0.717) is 12.0 Å². The van der Waals surface area contributed by atoms with E-state index >= 15 is 0 Å². The minimum Gasteiger partial charge on any atom is -0.358 e. The van der Waals surface area contributed by atoms with Crippen LogP contribution in [0.25, 0.3) is 0 Å². The lowest BCUT2D eigenvalue weighted by Crippen LogP contribution is -2.29. The second-order valence-electron chi connectivity index (χ2n) is 7.38. The molecule has 5 nitrogen and oxygen atoms in total. The first-order valence-electron chi connectivity index (χ1n) is 9.42. The average Bonchev–Trinajstić information content (AvgIpc) is 3.06. The number of carbonyl (C=O) groups is 1. The Kier molecular flexibility index (Phi) is 5.26. The minimum atomic E-state index is -4.55. The van der Waals surface area contributed by atoms with Crippen LogP contribution in [0.5, 0.6) is 0 Å². The second-order valence-corrected chi connectivity index (χ2v) is 9.20. The molecule has 2 atom stereocenters. The van der Waals surface area contributed by atoms with Crippen molar-refractivity contribution in [3.63, 3.8) is 0 Å². The van der Waals surface area contributed by atoms with Crippen LogP contribution < -0.4 is 4.31 Å². The third-order valence-electron chi connectivity index (χ3n) is 5.13. The number of fused-ring (bicyclic) bond motifs is 2. The van der Waals surface area contributed by atoms with Gasteiger partial charge in [0.2, 0.25) is 0 Å². The number of aryl methyl sites for hydroxylation is 1. The van der Waals surface area contributed by atoms with Gasteiger partial charge in [-0.1, -0.05) is 23.8 Å². The topological polar surface area (TPSA) is 63.7 Å². The van der Waals surface area contributed by atoms with E-state index in [1.807, 2.05) is 0 Å². The maximum absolute atomic E-state index is 13.4. The van der Waals surface area contributed by atoms with Crippen molar-refractivity contribution in [1.29, 1.82) is 0 Å². The second kappa shape index (κ2) is 7.65. The summed E-state index contributed by atoms with van der Waals surface area (Å²) < 4.78 is 72.2. The smallest absolute Gasteiger partial charge is 0.358 e. The van der Waals surface area contributed by atoms with Crippen LogP contribution >= 0.6 is 0 Å². The summed E-state index contributed by atoms with van der Waals surface area (Å²) in [6.45, 7) is 1.81. The average molecular weight is 449 g/mol. The molecule has 1 saturated heterocycles. The largest absolute Gasteiger partial charge is 0.416 e. The Morgan fingerprint density at radius 3 is 2.32 bits per heavy atom. The van der Waals surface area contributed by atoms with Crippen LogP contribution in [0, 0.1) is 6.92 Å². The van der Waals surface area contributed by atoms with Crippen molar-refractivity contribution >= 4 is 21.5 Å². The number of nitrogens with zero attached hydrogens (tertiary/aromatic N) is 1. The van der Waals surface area contributed by atoms with Gasteiger partial charge in [-0.05, 0) is 55.0 Å². The van der Waals surface area contributed by atoms with Gasteiger partial charge in [0.05, 0.1) is 22.3 Å². The van der Waals surface area contributed by atoms with E-state index in [1.54, 1.807) is 25.1 Å². The number of sulfonamides is 1. The molecule has 31 heavy (non-hydrogen) atoms. The zero-order valence-electron chi connectivity index (χ0n) is 16.3. The number of rotatable bonds is 4. The summed E-state index contributed by atoms with van der Waals surface area (Å²) in [5, 5.41) is 0. The van der Waals surface area contributed by atoms with Gasteiger partial charge >= 0.3 is 6.18 Å². The summed E-state index contributed by atoms with van der Waals surface area (Å²) in [4.78, 5) is 12.1. The Balaban J connectivity index is 1.80. The molecule has 1 fully saturated rings. The Morgan fingerprint density at radius 1 is 1.06 bits per heavy atom. The molecule has 0 aromatic heterocycles. The van der Waals surface area contributed by atoms with Crippen LogP contribution in [-0.4, -0.2) is 26.4 Å². The number of hydrogen-bond acceptors (Lipinski definition) is 4. The lowest BCUT2D eigenvalue weighted by atomic mass is 10.1. The Labute approximate surface area is 177 Å². The highest BCUT2D eigenvalue weighted by Gasteiger charge is 2.38. The van der Waals surface area contributed by atoms with Crippen LogP contribution in [0.15, 0.2) is 77.4 Å². The number of ketones is 1. The number of carbonyl (C=O) groups excluding carboxylic acids is 1. The molecule has 0 radical (unpaired) electrons. The summed E-state index contributed by atoms with van der Waals surface area (Å²) in [7, 11) is -4.16. The molecule has 2 bridgehead atoms. The first-order chi connectivity index (χ1) is 14.6. The van der Waals surface area contributed by atoms with Gasteiger partial charge in [0, 0.05) is 12.6 Å². The van der Waals surface area contributed by atoms with E-state index in [1.165, 1.54) is 24.4 Å². The Hall–Kier alpha value is -2.91. The Bertz CT molecular complexity index is 1170. The van der Waals surface area contributed by atoms with Gasteiger partial charge in [0.1, 0.15) is 6.10 Å². The first-order valence-corrected chi connectivity index (χ1v) is 10.9. The first kappa shape index (κ1) is 21.3. The van der Waals surface area contributed by atoms with Crippen molar-refractivity contribution in [2.24, 2.45) is 0 Å². The molecule has 0 spiro atoms. The fourth-order valence-corrected chi connectivity index (χ4v) is 4.86. The monoisotopic (exact) mass is 449 g/mol. The lowest BCUT2D eigenvalue weighted by molar-refractivity contribution is -0.137. The highest BCUT2D eigenvalue weighted by Crippen LogP contribution is 2.35. The predicted molar refractivity (Wildman–Crippen MR) is 108 cm³/mol. The maximum Gasteiger partial charge on any atom is 0.416 e. The molecule has 2 heterocycles. The molecule has 2 aromatic carbocycles. The number of anilines is 1.